The maximum absolute atomic E-state index is 14.2. The molecule has 3 amide bonds. The number of fused-ring (bicyclic) bond motifs is 1. The van der Waals surface area contributed by atoms with E-state index in [1.54, 1.807) is 11.3 Å². The molecule has 2 aliphatic heterocycles. The van der Waals surface area contributed by atoms with Crippen molar-refractivity contribution >= 4 is 52.8 Å². The number of piperazine rings is 1. The molecule has 1 aliphatic carbocycles. The zero-order chi connectivity index (χ0) is 59.6. The van der Waals surface area contributed by atoms with Crippen molar-refractivity contribution < 1.29 is 99.1 Å². The number of alkyl carbamates (subject to hydrolysis) is 1. The number of aliphatic hydroxyl groups is 2. The Hall–Kier alpha value is -4.95. The molecule has 1 saturated heterocycles. The Balaban J connectivity index is 0.856. The average Bonchev–Trinajstić information content (AvgIpc) is 3.95. The summed E-state index contributed by atoms with van der Waals surface area (Å²) in [5, 5.41) is 21.6. The van der Waals surface area contributed by atoms with Crippen molar-refractivity contribution in [1.82, 2.24) is 20.0 Å². The first-order valence-electron chi connectivity index (χ1n) is 28.2. The van der Waals surface area contributed by atoms with E-state index in [4.69, 9.17) is 58.2 Å². The second-order valence-electron chi connectivity index (χ2n) is 19.4. The number of benzene rings is 1. The van der Waals surface area contributed by atoms with Crippen LogP contribution in [0.15, 0.2) is 22.7 Å². The molecule has 0 bridgehead atoms. The first-order chi connectivity index (χ1) is 40.3. The normalized spacial score (nSPS) is 15.4. The van der Waals surface area contributed by atoms with E-state index in [9.17, 15) is 41.8 Å². The fraction of sp³-hybridized carbons (Fsp3) is 0.691. The summed E-state index contributed by atoms with van der Waals surface area (Å²) in [6.45, 7) is 8.51. The predicted molar refractivity (Wildman–Crippen MR) is 294 cm³/mol. The van der Waals surface area contributed by atoms with Crippen LogP contribution in [0.5, 0.6) is 5.75 Å². The summed E-state index contributed by atoms with van der Waals surface area (Å²) in [5.74, 6) is -11.8. The number of amides is 3. The number of nitrogens with zero attached hydrogens (tertiary/aromatic N) is 4. The lowest BCUT2D eigenvalue weighted by molar-refractivity contribution is -0.152. The minimum Gasteiger partial charge on any atom is -0.446 e. The zero-order valence-electron chi connectivity index (χ0n) is 47.3. The third kappa shape index (κ3) is 25.3. The number of carbonyl (C=O) groups is 4. The number of rotatable bonds is 43. The van der Waals surface area contributed by atoms with Crippen molar-refractivity contribution in [1.29, 1.82) is 0 Å². The maximum atomic E-state index is 14.2. The van der Waals surface area contributed by atoms with Crippen LogP contribution < -0.4 is 15.8 Å². The van der Waals surface area contributed by atoms with E-state index in [0.29, 0.717) is 110 Å². The van der Waals surface area contributed by atoms with Gasteiger partial charge in [-0.1, -0.05) is 6.92 Å². The Morgan fingerprint density at radius 1 is 0.771 bits per heavy atom. The van der Waals surface area contributed by atoms with Gasteiger partial charge in [0.2, 0.25) is 29.2 Å². The number of ether oxygens (including phenoxy) is 11. The van der Waals surface area contributed by atoms with Crippen LogP contribution in [0.3, 0.4) is 0 Å². The van der Waals surface area contributed by atoms with Gasteiger partial charge in [0.1, 0.15) is 17.9 Å². The highest BCUT2D eigenvalue weighted by Gasteiger charge is 2.34. The van der Waals surface area contributed by atoms with Gasteiger partial charge in [0.25, 0.3) is 0 Å². The minimum atomic E-state index is -1.93. The molecular weight excluding hydrogens is 1120 g/mol. The highest BCUT2D eigenvalue weighted by atomic mass is 32.1. The first kappa shape index (κ1) is 68.8. The Bertz CT molecular complexity index is 2300. The van der Waals surface area contributed by atoms with Crippen LogP contribution >= 0.6 is 11.3 Å². The van der Waals surface area contributed by atoms with Gasteiger partial charge in [0.05, 0.1) is 149 Å². The summed E-state index contributed by atoms with van der Waals surface area (Å²) in [6.07, 6.45) is 5.07. The van der Waals surface area contributed by atoms with E-state index in [-0.39, 0.29) is 116 Å². The van der Waals surface area contributed by atoms with Crippen molar-refractivity contribution in [2.24, 2.45) is 16.6 Å². The molecule has 5 N–H and O–H groups in total. The Kier molecular flexibility index (Phi) is 32.9. The molecule has 83 heavy (non-hydrogen) atoms. The van der Waals surface area contributed by atoms with Crippen LogP contribution in [0.4, 0.5) is 28.0 Å². The van der Waals surface area contributed by atoms with Crippen LogP contribution in [0.2, 0.25) is 0 Å². The second-order valence-corrected chi connectivity index (χ2v) is 20.5. The quantitative estimate of drug-likeness (QED) is 0.0242. The molecule has 3 heterocycles. The number of amidine groups is 1. The highest BCUT2D eigenvalue weighted by Crippen LogP contribution is 2.36. The largest absolute Gasteiger partial charge is 0.446 e. The van der Waals surface area contributed by atoms with Crippen LogP contribution in [-0.4, -0.2) is 238 Å². The highest BCUT2D eigenvalue weighted by molar-refractivity contribution is 7.13. The Labute approximate surface area is 485 Å². The molecule has 0 spiro atoms. The second kappa shape index (κ2) is 39.6. The number of carbonyl (C=O) groups excluding carboxylic acids is 4. The van der Waals surface area contributed by atoms with Crippen molar-refractivity contribution in [3.63, 3.8) is 0 Å². The number of nitrogens with two attached hydrogens (primary N) is 1. The Morgan fingerprint density at radius 2 is 1.35 bits per heavy atom. The molecule has 28 heteroatoms. The van der Waals surface area contributed by atoms with Crippen LogP contribution in [0.1, 0.15) is 61.6 Å². The lowest BCUT2D eigenvalue weighted by atomic mass is 9.96. The summed E-state index contributed by atoms with van der Waals surface area (Å²) < 4.78 is 115. The first-order valence-corrected chi connectivity index (χ1v) is 29.0. The summed E-state index contributed by atoms with van der Waals surface area (Å²) in [5.41, 5.74) is 7.66. The van der Waals surface area contributed by atoms with Crippen LogP contribution in [-0.2, 0) is 68.3 Å². The van der Waals surface area contributed by atoms with Crippen molar-refractivity contribution in [2.45, 2.75) is 70.6 Å². The van der Waals surface area contributed by atoms with Gasteiger partial charge < -0.3 is 83.2 Å². The molecule has 1 aromatic heterocycles. The van der Waals surface area contributed by atoms with Crippen LogP contribution in [0.25, 0.3) is 6.08 Å². The maximum Gasteiger partial charge on any atom is 0.407 e. The van der Waals surface area contributed by atoms with Crippen LogP contribution in [0, 0.1) is 29.2 Å². The summed E-state index contributed by atoms with van der Waals surface area (Å²) in [4.78, 5) is 64.3. The molecule has 1 saturated carbocycles. The molecule has 468 valence electrons. The average molecular weight is 1210 g/mol. The lowest BCUT2D eigenvalue weighted by Gasteiger charge is -2.34. The van der Waals surface area contributed by atoms with E-state index in [0.717, 1.165) is 41.1 Å². The third-order valence-corrected chi connectivity index (χ3v) is 14.1. The molecule has 2 unspecified atom stereocenters. The van der Waals surface area contributed by atoms with Gasteiger partial charge in [-0.3, -0.25) is 19.3 Å². The molecule has 23 nitrogen and oxygen atoms in total. The number of hydrogen-bond donors (Lipinski definition) is 4. The molecule has 2 fully saturated rings. The number of nitrogens with one attached hydrogen (secondary N) is 1. The number of aliphatic hydroxyl groups excluding tert-OH is 2. The van der Waals surface area contributed by atoms with E-state index in [1.807, 2.05) is 28.9 Å². The van der Waals surface area contributed by atoms with Gasteiger partial charge in [-0.05, 0) is 44.2 Å². The van der Waals surface area contributed by atoms with E-state index >= 15 is 0 Å². The molecule has 3 aliphatic rings. The van der Waals surface area contributed by atoms with Crippen molar-refractivity contribution in [3.8, 4) is 5.75 Å². The van der Waals surface area contributed by atoms with E-state index in [2.05, 4.69) is 19.9 Å². The molecule has 2 atom stereocenters. The summed E-state index contributed by atoms with van der Waals surface area (Å²) in [6, 6.07) is 1.98. The lowest BCUT2D eigenvalue weighted by Crippen LogP contribution is -2.48. The van der Waals surface area contributed by atoms with Gasteiger partial charge in [0.15, 0.2) is 11.6 Å². The van der Waals surface area contributed by atoms with E-state index in [1.165, 1.54) is 0 Å². The fourth-order valence-corrected chi connectivity index (χ4v) is 9.57. The molecule has 0 radical (unpaired) electrons. The summed E-state index contributed by atoms with van der Waals surface area (Å²) >= 11 is 1.59. The Morgan fingerprint density at radius 3 is 1.92 bits per heavy atom. The van der Waals surface area contributed by atoms with E-state index < -0.39 is 59.7 Å². The number of halogens is 4. The monoisotopic (exact) mass is 1210 g/mol. The fourth-order valence-electron chi connectivity index (χ4n) is 8.46. The van der Waals surface area contributed by atoms with Gasteiger partial charge in [-0.2, -0.15) is 8.78 Å². The SMILES string of the molecule is CCCN(CCCNC(=O)OC1CCC1)C(=O)C1=Cc2sc(CN3CCN(C(=O)CCOCCOCCOCCOCCOCCOCC(OCCOCCOCCO)C(CO)C(=O)Oc4c(F)c(F)cc(F)c4F)CC3)cc2N=C(N)C1. The van der Waals surface area contributed by atoms with Gasteiger partial charge >= 0.3 is 12.1 Å². The molecule has 1 aromatic carbocycles. The number of thiophene rings is 1. The molecule has 5 rings (SSSR count). The summed E-state index contributed by atoms with van der Waals surface area (Å²) in [7, 11) is 0. The van der Waals surface area contributed by atoms with Crippen molar-refractivity contribution in [2.75, 3.05) is 171 Å². The number of aliphatic imine (C=N–C) groups is 1. The number of esters is 1. The van der Waals surface area contributed by atoms with Crippen molar-refractivity contribution in [3.05, 3.63) is 50.7 Å². The zero-order valence-corrected chi connectivity index (χ0v) is 48.1. The smallest absolute Gasteiger partial charge is 0.407 e. The standard InChI is InChI=1S/C55H82F4N6O17S/c1-2-9-65(10-4-8-61-55(71)81-40-5-3-6-40)53(69)39-32-47-45(62-48(60)33-39)34-41(83-47)36-63-11-13-64(14-12-63)49(68)7-16-72-18-20-74-22-23-75-24-25-76-26-27-77-28-29-79-38-46(80-31-30-78-21-19-73-17-15-66)42(37-67)54(70)82-52-50(58)43(56)35-44(57)51(52)59/h32,34-35,40,42,46,66-67H,2-31,33,36-38H2,1H3,(H2,60,62)(H,61,71). The molecular formula is C55H82F4N6O17S. The van der Waals surface area contributed by atoms with Gasteiger partial charge in [-0.15, -0.1) is 11.3 Å². The topological polar surface area (TPSA) is 270 Å². The number of hydrogen-bond acceptors (Lipinski definition) is 21. The third-order valence-electron chi connectivity index (χ3n) is 13.1. The molecule has 2 aromatic rings. The van der Waals surface area contributed by atoms with Gasteiger partial charge in [-0.25, -0.2) is 18.6 Å². The predicted octanol–water partition coefficient (Wildman–Crippen LogP) is 3.75. The van der Waals surface area contributed by atoms with Gasteiger partial charge in [0, 0.05) is 75.3 Å². The minimum absolute atomic E-state index is 0.000468.